The maximum atomic E-state index is 13.1. The Morgan fingerprint density at radius 1 is 1.06 bits per heavy atom. The number of benzene rings is 2. The van der Waals surface area contributed by atoms with E-state index in [9.17, 15) is 9.18 Å². The van der Waals surface area contributed by atoms with E-state index in [1.54, 1.807) is 47.3 Å². The van der Waals surface area contributed by atoms with Crippen molar-refractivity contribution in [2.24, 2.45) is 0 Å². The number of furan rings is 1. The van der Waals surface area contributed by atoms with Crippen molar-refractivity contribution < 1.29 is 23.1 Å². The number of amides is 1. The number of hydrogen-bond acceptors (Lipinski definition) is 5. The molecule has 0 saturated heterocycles. The summed E-state index contributed by atoms with van der Waals surface area (Å²) in [6, 6.07) is 16.5. The molecule has 0 aliphatic carbocycles. The molecule has 4 aromatic rings. The molecule has 1 amide bonds. The van der Waals surface area contributed by atoms with Gasteiger partial charge in [-0.15, -0.1) is 0 Å². The first-order valence-corrected chi connectivity index (χ1v) is 10.6. The van der Waals surface area contributed by atoms with Gasteiger partial charge in [0.15, 0.2) is 11.6 Å². The zero-order valence-corrected chi connectivity index (χ0v) is 18.5. The third-order valence-electron chi connectivity index (χ3n) is 4.61. The summed E-state index contributed by atoms with van der Waals surface area (Å²) in [5, 5.41) is 7.19. The molecule has 0 aliphatic rings. The van der Waals surface area contributed by atoms with Crippen LogP contribution in [0.3, 0.4) is 0 Å². The molecule has 0 saturated carbocycles. The van der Waals surface area contributed by atoms with E-state index in [0.717, 1.165) is 11.3 Å². The lowest BCUT2D eigenvalue weighted by atomic mass is 10.2. The molecule has 0 unspecified atom stereocenters. The zero-order valence-electron chi connectivity index (χ0n) is 17.8. The molecule has 2 aromatic heterocycles. The monoisotopic (exact) mass is 469 g/mol. The van der Waals surface area contributed by atoms with E-state index < -0.39 is 5.91 Å². The van der Waals surface area contributed by atoms with Crippen LogP contribution in [0.25, 0.3) is 0 Å². The van der Waals surface area contributed by atoms with Crippen molar-refractivity contribution in [3.05, 3.63) is 94.8 Å². The van der Waals surface area contributed by atoms with Crippen LogP contribution in [-0.4, -0.2) is 22.3 Å². The molecule has 0 radical (unpaired) electrons. The van der Waals surface area contributed by atoms with Crippen molar-refractivity contribution in [3.8, 4) is 11.5 Å². The highest BCUT2D eigenvalue weighted by Crippen LogP contribution is 2.22. The van der Waals surface area contributed by atoms with E-state index in [0.29, 0.717) is 24.7 Å². The van der Waals surface area contributed by atoms with Crippen LogP contribution in [0.4, 0.5) is 10.2 Å². The number of halogens is 2. The maximum absolute atomic E-state index is 13.1. The quantitative estimate of drug-likeness (QED) is 0.348. The fourth-order valence-corrected chi connectivity index (χ4v) is 3.24. The summed E-state index contributed by atoms with van der Waals surface area (Å²) in [7, 11) is 0. The Kier molecular flexibility index (Phi) is 6.95. The van der Waals surface area contributed by atoms with Crippen LogP contribution in [0.1, 0.15) is 28.8 Å². The first-order chi connectivity index (χ1) is 16.0. The standard InChI is InChI=1S/C24H21ClFN3O4/c1-2-31-18-7-9-19(10-8-18)32-15-20-11-12-22(33-20)24(30)27-23-21(25)14-29(28-23)13-16-3-5-17(26)6-4-16/h3-12,14H,2,13,15H2,1H3,(H,27,28,30). The number of nitrogens with one attached hydrogen (secondary N) is 1. The van der Waals surface area contributed by atoms with Crippen LogP contribution in [-0.2, 0) is 13.2 Å². The third kappa shape index (κ3) is 5.93. The summed E-state index contributed by atoms with van der Waals surface area (Å²) in [5.74, 6) is 1.41. The molecule has 0 fully saturated rings. The Morgan fingerprint density at radius 2 is 1.76 bits per heavy atom. The van der Waals surface area contributed by atoms with Crippen molar-refractivity contribution in [1.82, 2.24) is 9.78 Å². The van der Waals surface area contributed by atoms with Gasteiger partial charge in [0.05, 0.1) is 13.2 Å². The number of hydrogen-bond donors (Lipinski definition) is 1. The Balaban J connectivity index is 1.33. The number of anilines is 1. The molecule has 33 heavy (non-hydrogen) atoms. The van der Waals surface area contributed by atoms with Crippen molar-refractivity contribution >= 4 is 23.3 Å². The smallest absolute Gasteiger partial charge is 0.292 e. The summed E-state index contributed by atoms with van der Waals surface area (Å²) in [4.78, 5) is 12.5. The van der Waals surface area contributed by atoms with E-state index in [2.05, 4.69) is 10.4 Å². The lowest BCUT2D eigenvalue weighted by molar-refractivity contribution is 0.0992. The Hall–Kier alpha value is -3.78. The molecule has 1 N–H and O–H groups in total. The normalized spacial score (nSPS) is 10.8. The number of carbonyl (C=O) groups is 1. The Morgan fingerprint density at radius 3 is 2.45 bits per heavy atom. The summed E-state index contributed by atoms with van der Waals surface area (Å²) in [5.41, 5.74) is 0.844. The van der Waals surface area contributed by atoms with Crippen LogP contribution < -0.4 is 14.8 Å². The van der Waals surface area contributed by atoms with Gasteiger partial charge in [0.25, 0.3) is 5.91 Å². The molecule has 4 rings (SSSR count). The fourth-order valence-electron chi connectivity index (χ4n) is 3.04. The molecular formula is C24H21ClFN3O4. The van der Waals surface area contributed by atoms with Crippen LogP contribution >= 0.6 is 11.6 Å². The second-order valence-corrected chi connectivity index (χ2v) is 7.47. The van der Waals surface area contributed by atoms with Crippen molar-refractivity contribution in [1.29, 1.82) is 0 Å². The van der Waals surface area contributed by atoms with Crippen molar-refractivity contribution in [2.75, 3.05) is 11.9 Å². The minimum Gasteiger partial charge on any atom is -0.494 e. The van der Waals surface area contributed by atoms with Crippen molar-refractivity contribution in [3.63, 3.8) is 0 Å². The topological polar surface area (TPSA) is 78.5 Å². The minimum atomic E-state index is -0.490. The molecule has 0 spiro atoms. The van der Waals surface area contributed by atoms with E-state index in [1.807, 2.05) is 19.1 Å². The average Bonchev–Trinajstić information content (AvgIpc) is 3.42. The molecule has 2 aromatic carbocycles. The molecule has 0 bridgehead atoms. The van der Waals surface area contributed by atoms with Crippen LogP contribution in [0.15, 0.2) is 71.3 Å². The highest BCUT2D eigenvalue weighted by atomic mass is 35.5. The van der Waals surface area contributed by atoms with E-state index in [1.165, 1.54) is 12.1 Å². The van der Waals surface area contributed by atoms with Crippen molar-refractivity contribution in [2.45, 2.75) is 20.1 Å². The Bertz CT molecular complexity index is 1220. The summed E-state index contributed by atoms with van der Waals surface area (Å²) in [6.45, 7) is 3.05. The number of nitrogens with zero attached hydrogens (tertiary/aromatic N) is 2. The van der Waals surface area contributed by atoms with E-state index in [-0.39, 0.29) is 29.0 Å². The largest absolute Gasteiger partial charge is 0.494 e. The van der Waals surface area contributed by atoms with Gasteiger partial charge in [0, 0.05) is 6.20 Å². The SMILES string of the molecule is CCOc1ccc(OCc2ccc(C(=O)Nc3nn(Cc4ccc(F)cc4)cc3Cl)o2)cc1. The van der Waals surface area contributed by atoms with Crippen LogP contribution in [0.2, 0.25) is 5.02 Å². The Labute approximate surface area is 194 Å². The molecule has 0 atom stereocenters. The lowest BCUT2D eigenvalue weighted by Crippen LogP contribution is -2.12. The predicted octanol–water partition coefficient (Wildman–Crippen LogP) is 5.55. The zero-order chi connectivity index (χ0) is 23.2. The summed E-state index contributed by atoms with van der Waals surface area (Å²) < 4.78 is 31.3. The molecular weight excluding hydrogens is 449 g/mol. The minimum absolute atomic E-state index is 0.101. The molecule has 9 heteroatoms. The van der Waals surface area contributed by atoms with Gasteiger partial charge in [-0.1, -0.05) is 23.7 Å². The number of carbonyl (C=O) groups excluding carboxylic acids is 1. The van der Waals surface area contributed by atoms with Gasteiger partial charge < -0.3 is 19.2 Å². The van der Waals surface area contributed by atoms with Gasteiger partial charge >= 0.3 is 0 Å². The summed E-state index contributed by atoms with van der Waals surface area (Å²) in [6.07, 6.45) is 1.58. The van der Waals surface area contributed by atoms with Gasteiger partial charge in [-0.25, -0.2) is 4.39 Å². The number of ether oxygens (including phenoxy) is 2. The predicted molar refractivity (Wildman–Crippen MR) is 121 cm³/mol. The highest BCUT2D eigenvalue weighted by molar-refractivity contribution is 6.33. The first-order valence-electron chi connectivity index (χ1n) is 10.2. The van der Waals surface area contributed by atoms with Crippen LogP contribution in [0.5, 0.6) is 11.5 Å². The second-order valence-electron chi connectivity index (χ2n) is 7.06. The highest BCUT2D eigenvalue weighted by Gasteiger charge is 2.16. The number of rotatable bonds is 9. The van der Waals surface area contributed by atoms with Gasteiger partial charge in [0.2, 0.25) is 0 Å². The number of aromatic nitrogens is 2. The molecule has 7 nitrogen and oxygen atoms in total. The van der Waals surface area contributed by atoms with E-state index >= 15 is 0 Å². The van der Waals surface area contributed by atoms with Crippen LogP contribution in [0, 0.1) is 5.82 Å². The fraction of sp³-hybridized carbons (Fsp3) is 0.167. The lowest BCUT2D eigenvalue weighted by Gasteiger charge is -2.06. The first kappa shape index (κ1) is 22.4. The average molecular weight is 470 g/mol. The van der Waals surface area contributed by atoms with Gasteiger partial charge in [-0.2, -0.15) is 5.10 Å². The van der Waals surface area contributed by atoms with Gasteiger partial charge in [-0.3, -0.25) is 9.48 Å². The van der Waals surface area contributed by atoms with Gasteiger partial charge in [-0.05, 0) is 61.0 Å². The maximum Gasteiger partial charge on any atom is 0.292 e. The van der Waals surface area contributed by atoms with E-state index in [4.69, 9.17) is 25.5 Å². The third-order valence-corrected chi connectivity index (χ3v) is 4.88. The molecule has 0 aliphatic heterocycles. The van der Waals surface area contributed by atoms with Gasteiger partial charge in [0.1, 0.15) is 34.7 Å². The molecule has 2 heterocycles. The second kappa shape index (κ2) is 10.2. The molecule has 170 valence electrons. The summed E-state index contributed by atoms with van der Waals surface area (Å²) >= 11 is 6.20.